The van der Waals surface area contributed by atoms with Gasteiger partial charge in [0.2, 0.25) is 0 Å². The van der Waals surface area contributed by atoms with E-state index in [0.717, 1.165) is 17.5 Å². The second kappa shape index (κ2) is 4.85. The van der Waals surface area contributed by atoms with Crippen molar-refractivity contribution in [2.24, 2.45) is 7.05 Å². The summed E-state index contributed by atoms with van der Waals surface area (Å²) in [5, 5.41) is 14.9. The van der Waals surface area contributed by atoms with Crippen molar-refractivity contribution in [1.82, 2.24) is 14.8 Å². The largest absolute Gasteiger partial charge is 0.382 e. The van der Waals surface area contributed by atoms with E-state index in [9.17, 15) is 5.11 Å². The molecule has 4 nitrogen and oxygen atoms in total. The van der Waals surface area contributed by atoms with Crippen LogP contribution in [0.15, 0.2) is 24.7 Å². The number of halogens is 1. The molecule has 2 aromatic heterocycles. The first kappa shape index (κ1) is 12.1. The van der Waals surface area contributed by atoms with Crippen LogP contribution in [0.4, 0.5) is 0 Å². The van der Waals surface area contributed by atoms with Crippen molar-refractivity contribution in [1.29, 1.82) is 0 Å². The van der Waals surface area contributed by atoms with Gasteiger partial charge in [-0.05, 0) is 23.6 Å². The number of pyridine rings is 1. The molecule has 0 radical (unpaired) electrons. The molecule has 5 heteroatoms. The van der Waals surface area contributed by atoms with E-state index in [-0.39, 0.29) is 0 Å². The molecule has 0 saturated heterocycles. The highest BCUT2D eigenvalue weighted by Gasteiger charge is 2.20. The number of aliphatic hydroxyl groups excluding tert-OH is 1. The minimum Gasteiger partial charge on any atom is -0.382 e. The number of nitrogens with zero attached hydrogens (tertiary/aromatic N) is 3. The third kappa shape index (κ3) is 2.18. The molecule has 2 heterocycles. The first-order valence-electron chi connectivity index (χ1n) is 5.43. The number of aromatic nitrogens is 3. The molecule has 0 amide bonds. The van der Waals surface area contributed by atoms with Crippen LogP contribution in [0.3, 0.4) is 0 Å². The summed E-state index contributed by atoms with van der Waals surface area (Å²) in [6.45, 7) is 2.03. The summed E-state index contributed by atoms with van der Waals surface area (Å²) in [6, 6.07) is 1.81. The molecular formula is C12H14ClN3O. The Hall–Kier alpha value is -1.39. The molecule has 0 spiro atoms. The van der Waals surface area contributed by atoms with Crippen molar-refractivity contribution < 1.29 is 5.11 Å². The molecule has 0 aliphatic rings. The van der Waals surface area contributed by atoms with Gasteiger partial charge in [-0.3, -0.25) is 9.67 Å². The summed E-state index contributed by atoms with van der Waals surface area (Å²) in [4.78, 5) is 4.06. The van der Waals surface area contributed by atoms with E-state index in [1.807, 2.05) is 13.0 Å². The summed E-state index contributed by atoms with van der Waals surface area (Å²) in [7, 11) is 1.76. The Bertz CT molecular complexity index is 505. The van der Waals surface area contributed by atoms with Crippen LogP contribution in [-0.2, 0) is 13.5 Å². The molecule has 0 aliphatic carbocycles. The number of aliphatic hydroxyl groups is 1. The van der Waals surface area contributed by atoms with Gasteiger partial charge in [-0.25, -0.2) is 0 Å². The monoisotopic (exact) mass is 251 g/mol. The van der Waals surface area contributed by atoms with E-state index < -0.39 is 6.10 Å². The maximum absolute atomic E-state index is 10.4. The molecule has 1 atom stereocenters. The second-order valence-electron chi connectivity index (χ2n) is 3.83. The van der Waals surface area contributed by atoms with Gasteiger partial charge in [-0.2, -0.15) is 5.10 Å². The van der Waals surface area contributed by atoms with Crippen LogP contribution in [0.25, 0.3) is 0 Å². The first-order chi connectivity index (χ1) is 8.15. The van der Waals surface area contributed by atoms with Crippen LogP contribution in [-0.4, -0.2) is 19.9 Å². The highest BCUT2D eigenvalue weighted by Crippen LogP contribution is 2.29. The summed E-state index contributed by atoms with van der Waals surface area (Å²) >= 11 is 6.03. The van der Waals surface area contributed by atoms with Gasteiger partial charge in [0, 0.05) is 19.4 Å². The zero-order valence-corrected chi connectivity index (χ0v) is 10.5. The van der Waals surface area contributed by atoms with Crippen LogP contribution >= 0.6 is 11.6 Å². The highest BCUT2D eigenvalue weighted by atomic mass is 35.5. The van der Waals surface area contributed by atoms with E-state index in [0.29, 0.717) is 10.7 Å². The fourth-order valence-electron chi connectivity index (χ4n) is 1.88. The molecule has 0 aliphatic heterocycles. The van der Waals surface area contributed by atoms with Gasteiger partial charge in [0.1, 0.15) is 6.10 Å². The Morgan fingerprint density at radius 1 is 1.47 bits per heavy atom. The minimum absolute atomic E-state index is 0.471. The van der Waals surface area contributed by atoms with Crippen molar-refractivity contribution >= 4 is 11.6 Å². The van der Waals surface area contributed by atoms with Crippen molar-refractivity contribution in [3.05, 3.63) is 46.5 Å². The van der Waals surface area contributed by atoms with Crippen LogP contribution in [0.2, 0.25) is 5.02 Å². The summed E-state index contributed by atoms with van der Waals surface area (Å²) in [5.74, 6) is 0. The fourth-order valence-corrected chi connectivity index (χ4v) is 2.14. The molecule has 17 heavy (non-hydrogen) atoms. The molecule has 0 fully saturated rings. The van der Waals surface area contributed by atoms with Gasteiger partial charge in [-0.1, -0.05) is 18.5 Å². The molecule has 2 aromatic rings. The van der Waals surface area contributed by atoms with Crippen LogP contribution < -0.4 is 0 Å². The lowest BCUT2D eigenvalue weighted by atomic mass is 10.0. The Labute approximate surface area is 105 Å². The van der Waals surface area contributed by atoms with Crippen molar-refractivity contribution in [3.8, 4) is 0 Å². The van der Waals surface area contributed by atoms with E-state index >= 15 is 0 Å². The normalized spacial score (nSPS) is 12.7. The Morgan fingerprint density at radius 3 is 2.82 bits per heavy atom. The minimum atomic E-state index is -0.770. The predicted octanol–water partition coefficient (Wildman–Crippen LogP) is 2.11. The first-order valence-corrected chi connectivity index (χ1v) is 5.81. The second-order valence-corrected chi connectivity index (χ2v) is 4.24. The molecule has 0 aromatic carbocycles. The van der Waals surface area contributed by atoms with Gasteiger partial charge >= 0.3 is 0 Å². The SMILES string of the molecule is CCc1cnccc1C(O)c1c(Cl)cnn1C. The quantitative estimate of drug-likeness (QED) is 0.909. The molecule has 1 N–H and O–H groups in total. The number of rotatable bonds is 3. The van der Waals surface area contributed by atoms with Crippen LogP contribution in [0.1, 0.15) is 29.8 Å². The molecule has 90 valence electrons. The van der Waals surface area contributed by atoms with E-state index in [4.69, 9.17) is 11.6 Å². The molecule has 2 rings (SSSR count). The predicted molar refractivity (Wildman–Crippen MR) is 65.9 cm³/mol. The lowest BCUT2D eigenvalue weighted by molar-refractivity contribution is 0.208. The number of aryl methyl sites for hydroxylation is 2. The highest BCUT2D eigenvalue weighted by molar-refractivity contribution is 6.31. The number of hydrogen-bond donors (Lipinski definition) is 1. The third-order valence-corrected chi connectivity index (χ3v) is 3.10. The van der Waals surface area contributed by atoms with E-state index in [1.54, 1.807) is 24.1 Å². The van der Waals surface area contributed by atoms with Crippen molar-refractivity contribution in [2.75, 3.05) is 0 Å². The lowest BCUT2D eigenvalue weighted by Gasteiger charge is -2.15. The summed E-state index contributed by atoms with van der Waals surface area (Å²) in [5.41, 5.74) is 2.44. The standard InChI is InChI=1S/C12H14ClN3O/c1-3-8-6-14-5-4-9(8)12(17)11-10(13)7-15-16(11)2/h4-7,12,17H,3H2,1-2H3. The maximum atomic E-state index is 10.4. The van der Waals surface area contributed by atoms with Crippen LogP contribution in [0, 0.1) is 0 Å². The average Bonchev–Trinajstić information content (AvgIpc) is 2.68. The molecular weight excluding hydrogens is 238 g/mol. The van der Waals surface area contributed by atoms with Crippen LogP contribution in [0.5, 0.6) is 0 Å². The zero-order valence-electron chi connectivity index (χ0n) is 9.76. The van der Waals surface area contributed by atoms with E-state index in [1.165, 1.54) is 6.20 Å². The van der Waals surface area contributed by atoms with Gasteiger partial charge < -0.3 is 5.11 Å². The Morgan fingerprint density at radius 2 is 2.24 bits per heavy atom. The summed E-state index contributed by atoms with van der Waals surface area (Å²) < 4.78 is 1.59. The van der Waals surface area contributed by atoms with Gasteiger partial charge in [-0.15, -0.1) is 0 Å². The lowest BCUT2D eigenvalue weighted by Crippen LogP contribution is -2.09. The van der Waals surface area contributed by atoms with Crippen molar-refractivity contribution in [3.63, 3.8) is 0 Å². The zero-order chi connectivity index (χ0) is 12.4. The Balaban J connectivity index is 2.47. The van der Waals surface area contributed by atoms with E-state index in [2.05, 4.69) is 10.1 Å². The van der Waals surface area contributed by atoms with Gasteiger partial charge in [0.15, 0.2) is 0 Å². The smallest absolute Gasteiger partial charge is 0.123 e. The molecule has 1 unspecified atom stereocenters. The molecule has 0 bridgehead atoms. The van der Waals surface area contributed by atoms with Gasteiger partial charge in [0.05, 0.1) is 16.9 Å². The number of hydrogen-bond acceptors (Lipinski definition) is 3. The Kier molecular flexibility index (Phi) is 3.45. The maximum Gasteiger partial charge on any atom is 0.123 e. The third-order valence-electron chi connectivity index (χ3n) is 2.81. The molecule has 0 saturated carbocycles. The van der Waals surface area contributed by atoms with Gasteiger partial charge in [0.25, 0.3) is 0 Å². The average molecular weight is 252 g/mol. The topological polar surface area (TPSA) is 50.9 Å². The summed E-state index contributed by atoms with van der Waals surface area (Å²) in [6.07, 6.45) is 5.01. The van der Waals surface area contributed by atoms with Crippen molar-refractivity contribution in [2.45, 2.75) is 19.4 Å². The fraction of sp³-hybridized carbons (Fsp3) is 0.333.